The third-order valence-corrected chi connectivity index (χ3v) is 3.12. The van der Waals surface area contributed by atoms with Gasteiger partial charge in [0.2, 0.25) is 0 Å². The second-order valence-electron chi connectivity index (χ2n) is 4.53. The summed E-state index contributed by atoms with van der Waals surface area (Å²) in [5.41, 5.74) is 3.56. The molecule has 1 N–H and O–H groups in total. The zero-order chi connectivity index (χ0) is 13.2. The Morgan fingerprint density at radius 3 is 2.53 bits per heavy atom. The first-order valence-corrected chi connectivity index (χ1v) is 6.18. The van der Waals surface area contributed by atoms with Gasteiger partial charge in [-0.15, -0.1) is 0 Å². The Kier molecular flexibility index (Phi) is 2.80. The molecule has 1 heterocycles. The Hall–Kier alpha value is -2.55. The standard InChI is InChI=1S/C16H14N2O/c1-12-6-5-9-14(10-12)18-16(19)15(11-17-18)13-7-3-2-4-8-13/h2-11,17H,1H3. The zero-order valence-corrected chi connectivity index (χ0v) is 10.6. The van der Waals surface area contributed by atoms with Crippen molar-refractivity contribution in [2.45, 2.75) is 6.92 Å². The first kappa shape index (κ1) is 11.5. The third kappa shape index (κ3) is 2.10. The van der Waals surface area contributed by atoms with Crippen molar-refractivity contribution < 1.29 is 0 Å². The van der Waals surface area contributed by atoms with Gasteiger partial charge in [0, 0.05) is 6.20 Å². The van der Waals surface area contributed by atoms with Gasteiger partial charge in [0.1, 0.15) is 0 Å². The molecule has 3 nitrogen and oxygen atoms in total. The molecule has 3 aromatic rings. The Balaban J connectivity index is 2.12. The average Bonchev–Trinajstić information content (AvgIpc) is 2.81. The van der Waals surface area contributed by atoms with E-state index >= 15 is 0 Å². The lowest BCUT2D eigenvalue weighted by Gasteiger charge is -2.02. The smallest absolute Gasteiger partial charge is 0.279 e. The van der Waals surface area contributed by atoms with E-state index in [2.05, 4.69) is 5.10 Å². The molecule has 0 saturated heterocycles. The molecule has 0 amide bonds. The lowest BCUT2D eigenvalue weighted by molar-refractivity contribution is 0.848. The van der Waals surface area contributed by atoms with Crippen molar-refractivity contribution in [3.8, 4) is 16.8 Å². The van der Waals surface area contributed by atoms with Crippen molar-refractivity contribution in [1.82, 2.24) is 9.78 Å². The van der Waals surface area contributed by atoms with Crippen LogP contribution in [0, 0.1) is 6.92 Å². The number of aryl methyl sites for hydroxylation is 1. The maximum absolute atomic E-state index is 12.4. The summed E-state index contributed by atoms with van der Waals surface area (Å²) in [6, 6.07) is 17.5. The molecule has 0 aliphatic carbocycles. The van der Waals surface area contributed by atoms with Crippen molar-refractivity contribution in [3.63, 3.8) is 0 Å². The summed E-state index contributed by atoms with van der Waals surface area (Å²) in [4.78, 5) is 12.4. The van der Waals surface area contributed by atoms with E-state index in [9.17, 15) is 4.79 Å². The molecule has 2 aromatic carbocycles. The molecular weight excluding hydrogens is 236 g/mol. The van der Waals surface area contributed by atoms with E-state index in [0.717, 1.165) is 16.8 Å². The van der Waals surface area contributed by atoms with Gasteiger partial charge in [-0.3, -0.25) is 9.89 Å². The summed E-state index contributed by atoms with van der Waals surface area (Å²) in [5, 5.41) is 3.02. The van der Waals surface area contributed by atoms with E-state index < -0.39 is 0 Å². The molecule has 94 valence electrons. The number of nitrogens with one attached hydrogen (secondary N) is 1. The van der Waals surface area contributed by atoms with Gasteiger partial charge in [-0.2, -0.15) is 0 Å². The Morgan fingerprint density at radius 2 is 1.79 bits per heavy atom. The molecule has 0 aliphatic heterocycles. The van der Waals surface area contributed by atoms with Crippen molar-refractivity contribution in [1.29, 1.82) is 0 Å². The van der Waals surface area contributed by atoms with Crippen LogP contribution >= 0.6 is 0 Å². The second kappa shape index (κ2) is 4.61. The lowest BCUT2D eigenvalue weighted by atomic mass is 10.1. The number of H-pyrrole nitrogens is 1. The van der Waals surface area contributed by atoms with E-state index in [0.29, 0.717) is 5.56 Å². The van der Waals surface area contributed by atoms with Crippen LogP contribution in [0.1, 0.15) is 5.56 Å². The fourth-order valence-electron chi connectivity index (χ4n) is 2.15. The summed E-state index contributed by atoms with van der Waals surface area (Å²) in [6.07, 6.45) is 1.75. The summed E-state index contributed by atoms with van der Waals surface area (Å²) in [6.45, 7) is 2.01. The van der Waals surface area contributed by atoms with Crippen LogP contribution in [-0.2, 0) is 0 Å². The fourth-order valence-corrected chi connectivity index (χ4v) is 2.15. The van der Waals surface area contributed by atoms with Crippen molar-refractivity contribution >= 4 is 0 Å². The highest BCUT2D eigenvalue weighted by Crippen LogP contribution is 2.15. The van der Waals surface area contributed by atoms with Crippen LogP contribution in [0.3, 0.4) is 0 Å². The molecule has 0 atom stereocenters. The summed E-state index contributed by atoms with van der Waals surface area (Å²) < 4.78 is 1.56. The molecule has 0 saturated carbocycles. The van der Waals surface area contributed by atoms with Crippen LogP contribution < -0.4 is 5.56 Å². The highest BCUT2D eigenvalue weighted by molar-refractivity contribution is 5.61. The first-order chi connectivity index (χ1) is 9.25. The molecule has 0 fully saturated rings. The highest BCUT2D eigenvalue weighted by atomic mass is 16.1. The van der Waals surface area contributed by atoms with Gasteiger partial charge in [-0.25, -0.2) is 4.68 Å². The molecule has 0 radical (unpaired) electrons. The molecule has 0 bridgehead atoms. The molecule has 3 rings (SSSR count). The Labute approximate surface area is 111 Å². The minimum absolute atomic E-state index is 0.0307. The van der Waals surface area contributed by atoms with Gasteiger partial charge in [-0.05, 0) is 30.2 Å². The van der Waals surface area contributed by atoms with Crippen molar-refractivity contribution in [2.75, 3.05) is 0 Å². The van der Waals surface area contributed by atoms with Crippen LogP contribution in [-0.4, -0.2) is 9.78 Å². The van der Waals surface area contributed by atoms with Crippen LogP contribution in [0.5, 0.6) is 0 Å². The van der Waals surface area contributed by atoms with E-state index in [-0.39, 0.29) is 5.56 Å². The Bertz CT molecular complexity index is 754. The quantitative estimate of drug-likeness (QED) is 0.745. The Morgan fingerprint density at radius 1 is 1.00 bits per heavy atom. The van der Waals surface area contributed by atoms with Crippen LogP contribution in [0.2, 0.25) is 0 Å². The molecule has 0 spiro atoms. The summed E-state index contributed by atoms with van der Waals surface area (Å²) in [5.74, 6) is 0. The van der Waals surface area contributed by atoms with Gasteiger partial charge in [0.15, 0.2) is 0 Å². The number of hydrogen-bond acceptors (Lipinski definition) is 1. The largest absolute Gasteiger partial charge is 0.298 e. The number of benzene rings is 2. The lowest BCUT2D eigenvalue weighted by Crippen LogP contribution is -2.15. The first-order valence-electron chi connectivity index (χ1n) is 6.18. The SMILES string of the molecule is Cc1cccc(-n2[nH]cc(-c3ccccc3)c2=O)c1. The van der Waals surface area contributed by atoms with Crippen LogP contribution in [0.15, 0.2) is 65.6 Å². The third-order valence-electron chi connectivity index (χ3n) is 3.12. The molecular formula is C16H14N2O. The molecule has 0 unspecified atom stereocenters. The highest BCUT2D eigenvalue weighted by Gasteiger charge is 2.09. The normalized spacial score (nSPS) is 10.6. The maximum atomic E-state index is 12.4. The van der Waals surface area contributed by atoms with Gasteiger partial charge in [-0.1, -0.05) is 42.5 Å². The van der Waals surface area contributed by atoms with Gasteiger partial charge < -0.3 is 0 Å². The fraction of sp³-hybridized carbons (Fsp3) is 0.0625. The average molecular weight is 250 g/mol. The van der Waals surface area contributed by atoms with Crippen molar-refractivity contribution in [3.05, 3.63) is 76.7 Å². The second-order valence-corrected chi connectivity index (χ2v) is 4.53. The van der Waals surface area contributed by atoms with Gasteiger partial charge in [0.05, 0.1) is 11.3 Å². The van der Waals surface area contributed by atoms with Crippen molar-refractivity contribution in [2.24, 2.45) is 0 Å². The number of hydrogen-bond donors (Lipinski definition) is 1. The molecule has 3 heteroatoms. The minimum atomic E-state index is -0.0307. The van der Waals surface area contributed by atoms with E-state index in [1.165, 1.54) is 0 Å². The minimum Gasteiger partial charge on any atom is -0.298 e. The zero-order valence-electron chi connectivity index (χ0n) is 10.6. The predicted molar refractivity (Wildman–Crippen MR) is 76.6 cm³/mol. The van der Waals surface area contributed by atoms with E-state index in [1.807, 2.05) is 61.5 Å². The van der Waals surface area contributed by atoms with Crippen LogP contribution in [0.4, 0.5) is 0 Å². The number of nitrogens with zero attached hydrogens (tertiary/aromatic N) is 1. The molecule has 1 aromatic heterocycles. The summed E-state index contributed by atoms with van der Waals surface area (Å²) in [7, 11) is 0. The predicted octanol–water partition coefficient (Wildman–Crippen LogP) is 3.14. The number of aromatic nitrogens is 2. The maximum Gasteiger partial charge on any atom is 0.279 e. The topological polar surface area (TPSA) is 37.8 Å². The number of rotatable bonds is 2. The monoisotopic (exact) mass is 250 g/mol. The van der Waals surface area contributed by atoms with Gasteiger partial charge in [0.25, 0.3) is 5.56 Å². The molecule has 19 heavy (non-hydrogen) atoms. The number of aromatic amines is 1. The van der Waals surface area contributed by atoms with Crippen LogP contribution in [0.25, 0.3) is 16.8 Å². The van der Waals surface area contributed by atoms with Gasteiger partial charge >= 0.3 is 0 Å². The summed E-state index contributed by atoms with van der Waals surface area (Å²) >= 11 is 0. The van der Waals surface area contributed by atoms with E-state index in [1.54, 1.807) is 10.9 Å². The molecule has 0 aliphatic rings. The van der Waals surface area contributed by atoms with E-state index in [4.69, 9.17) is 0 Å².